The minimum absolute atomic E-state index is 0.485. The molecule has 0 spiro atoms. The molecule has 0 aromatic carbocycles. The van der Waals surface area contributed by atoms with Gasteiger partial charge in [-0.05, 0) is 44.4 Å². The van der Waals surface area contributed by atoms with Crippen LogP contribution in [0.5, 0.6) is 0 Å². The molecular weight excluding hydrogens is 420 g/mol. The minimum atomic E-state index is -0.485. The highest BCUT2D eigenvalue weighted by Crippen LogP contribution is 2.12. The van der Waals surface area contributed by atoms with Crippen LogP contribution in [0.2, 0.25) is 0 Å². The smallest absolute Gasteiger partial charge is 0.434 e. The van der Waals surface area contributed by atoms with Crippen LogP contribution in [0.1, 0.15) is 162 Å². The van der Waals surface area contributed by atoms with E-state index in [1.54, 1.807) is 0 Å². The third kappa shape index (κ3) is 29.0. The molecule has 0 saturated carbocycles. The molecule has 0 aliphatic heterocycles. The molecule has 0 N–H and O–H groups in total. The van der Waals surface area contributed by atoms with Gasteiger partial charge in [0.1, 0.15) is 0 Å². The molecule has 0 radical (unpaired) electrons. The topological polar surface area (TPSA) is 35.5 Å². The first-order valence-electron chi connectivity index (χ1n) is 15.1. The van der Waals surface area contributed by atoms with Crippen LogP contribution in [0, 0.1) is 5.92 Å². The van der Waals surface area contributed by atoms with Crippen LogP contribution < -0.4 is 0 Å². The zero-order valence-electron chi connectivity index (χ0n) is 23.4. The van der Waals surface area contributed by atoms with E-state index < -0.39 is 6.16 Å². The Balaban J connectivity index is 3.20. The molecule has 0 aromatic rings. The minimum Gasteiger partial charge on any atom is -0.434 e. The van der Waals surface area contributed by atoms with Gasteiger partial charge in [-0.1, -0.05) is 136 Å². The monoisotopic (exact) mass is 480 g/mol. The van der Waals surface area contributed by atoms with Crippen molar-refractivity contribution in [2.24, 2.45) is 5.92 Å². The fourth-order valence-corrected chi connectivity index (χ4v) is 4.24. The number of unbranched alkanes of at least 4 members (excludes halogenated alkanes) is 18. The van der Waals surface area contributed by atoms with Crippen LogP contribution in [-0.4, -0.2) is 19.4 Å². The highest BCUT2D eigenvalue weighted by atomic mass is 16.7. The van der Waals surface area contributed by atoms with Crippen LogP contribution in [0.15, 0.2) is 12.2 Å². The van der Waals surface area contributed by atoms with Crippen molar-refractivity contribution in [3.05, 3.63) is 12.2 Å². The van der Waals surface area contributed by atoms with Crippen molar-refractivity contribution in [2.75, 3.05) is 13.2 Å². The Morgan fingerprint density at radius 3 is 1.38 bits per heavy atom. The standard InChI is InChI=1S/C31H60O3/c1-4-5-6-7-8-9-10-11-12-13-14-15-16-19-22-25-28-33-31(32)34-29-26-23-20-17-18-21-24-27-30(2)3/h11-12,30H,4-10,13-29H2,1-3H3. The van der Waals surface area contributed by atoms with E-state index in [0.29, 0.717) is 13.2 Å². The second-order valence-electron chi connectivity index (χ2n) is 10.5. The number of rotatable bonds is 26. The van der Waals surface area contributed by atoms with Crippen molar-refractivity contribution >= 4 is 6.16 Å². The van der Waals surface area contributed by atoms with E-state index in [4.69, 9.17) is 9.47 Å². The summed E-state index contributed by atoms with van der Waals surface area (Å²) in [7, 11) is 0. The van der Waals surface area contributed by atoms with Gasteiger partial charge in [0, 0.05) is 0 Å². The molecule has 0 bridgehead atoms. The highest BCUT2D eigenvalue weighted by molar-refractivity contribution is 5.59. The lowest BCUT2D eigenvalue weighted by Crippen LogP contribution is -2.09. The Kier molecular flexibility index (Phi) is 27.4. The summed E-state index contributed by atoms with van der Waals surface area (Å²) in [5, 5.41) is 0. The van der Waals surface area contributed by atoms with E-state index in [0.717, 1.165) is 31.6 Å². The quantitative estimate of drug-likeness (QED) is 0.0701. The van der Waals surface area contributed by atoms with Gasteiger partial charge < -0.3 is 9.47 Å². The van der Waals surface area contributed by atoms with Gasteiger partial charge in [-0.15, -0.1) is 0 Å². The molecule has 0 fully saturated rings. The van der Waals surface area contributed by atoms with Gasteiger partial charge in [0.25, 0.3) is 0 Å². The van der Waals surface area contributed by atoms with Gasteiger partial charge in [0.2, 0.25) is 0 Å². The summed E-state index contributed by atoms with van der Waals surface area (Å²) < 4.78 is 10.4. The second kappa shape index (κ2) is 28.2. The lowest BCUT2D eigenvalue weighted by atomic mass is 10.0. The molecule has 0 aromatic heterocycles. The van der Waals surface area contributed by atoms with Crippen LogP contribution in [0.4, 0.5) is 4.79 Å². The number of hydrogen-bond acceptors (Lipinski definition) is 3. The molecule has 0 saturated heterocycles. The maximum absolute atomic E-state index is 11.6. The lowest BCUT2D eigenvalue weighted by molar-refractivity contribution is 0.0529. The summed E-state index contributed by atoms with van der Waals surface area (Å²) in [6.45, 7) is 7.86. The predicted molar refractivity (Wildman–Crippen MR) is 149 cm³/mol. The van der Waals surface area contributed by atoms with E-state index in [9.17, 15) is 4.79 Å². The first kappa shape index (κ1) is 33.0. The van der Waals surface area contributed by atoms with Gasteiger partial charge in [0.15, 0.2) is 0 Å². The van der Waals surface area contributed by atoms with Crippen LogP contribution in [-0.2, 0) is 9.47 Å². The zero-order chi connectivity index (χ0) is 25.0. The van der Waals surface area contributed by atoms with Gasteiger partial charge in [-0.25, -0.2) is 4.79 Å². The van der Waals surface area contributed by atoms with Crippen molar-refractivity contribution in [2.45, 2.75) is 162 Å². The number of allylic oxidation sites excluding steroid dienone is 2. The molecule has 0 amide bonds. The molecule has 0 unspecified atom stereocenters. The first-order chi connectivity index (χ1) is 16.7. The van der Waals surface area contributed by atoms with E-state index in [2.05, 4.69) is 32.9 Å². The first-order valence-corrected chi connectivity index (χ1v) is 15.1. The summed E-state index contributed by atoms with van der Waals surface area (Å²) in [5.74, 6) is 0.832. The largest absolute Gasteiger partial charge is 0.508 e. The van der Waals surface area contributed by atoms with Crippen LogP contribution in [0.3, 0.4) is 0 Å². The Hall–Kier alpha value is -0.990. The lowest BCUT2D eigenvalue weighted by Gasteiger charge is -2.07. The molecule has 0 aliphatic rings. The summed E-state index contributed by atoms with van der Waals surface area (Å²) in [6, 6.07) is 0. The van der Waals surface area contributed by atoms with E-state index in [1.165, 1.54) is 116 Å². The normalized spacial score (nSPS) is 11.5. The summed E-state index contributed by atoms with van der Waals surface area (Å²) in [5.41, 5.74) is 0. The van der Waals surface area contributed by atoms with Crippen LogP contribution in [0.25, 0.3) is 0 Å². The average molecular weight is 481 g/mol. The number of carbonyl (C=O) groups excluding carboxylic acids is 1. The number of carbonyl (C=O) groups is 1. The number of ether oxygens (including phenoxy) is 2. The Morgan fingerprint density at radius 2 is 0.941 bits per heavy atom. The fraction of sp³-hybridized carbons (Fsp3) is 0.903. The highest BCUT2D eigenvalue weighted by Gasteiger charge is 2.03. The SMILES string of the molecule is CCCCCCCCC=CCCCCCCCCOC(=O)OCCCCCCCCCC(C)C. The predicted octanol–water partition coefficient (Wildman–Crippen LogP) is 11.0. The van der Waals surface area contributed by atoms with Gasteiger partial charge in [-0.2, -0.15) is 0 Å². The molecule has 3 nitrogen and oxygen atoms in total. The summed E-state index contributed by atoms with van der Waals surface area (Å²) in [4.78, 5) is 11.6. The van der Waals surface area contributed by atoms with E-state index in [1.807, 2.05) is 0 Å². The Morgan fingerprint density at radius 1 is 0.559 bits per heavy atom. The molecule has 34 heavy (non-hydrogen) atoms. The molecule has 0 rings (SSSR count). The molecule has 0 atom stereocenters. The van der Waals surface area contributed by atoms with Crippen LogP contribution >= 0.6 is 0 Å². The molecule has 3 heteroatoms. The fourth-order valence-electron chi connectivity index (χ4n) is 4.24. The van der Waals surface area contributed by atoms with Crippen molar-refractivity contribution < 1.29 is 14.3 Å². The average Bonchev–Trinajstić information content (AvgIpc) is 2.82. The molecule has 202 valence electrons. The van der Waals surface area contributed by atoms with Gasteiger partial charge in [-0.3, -0.25) is 0 Å². The zero-order valence-corrected chi connectivity index (χ0v) is 23.4. The number of hydrogen-bond donors (Lipinski definition) is 0. The summed E-state index contributed by atoms with van der Waals surface area (Å²) >= 11 is 0. The maximum Gasteiger partial charge on any atom is 0.508 e. The molecule has 0 aliphatic carbocycles. The Labute approximate surface area is 213 Å². The summed E-state index contributed by atoms with van der Waals surface area (Å²) in [6.07, 6.45) is 32.3. The second-order valence-corrected chi connectivity index (χ2v) is 10.5. The molecular formula is C31H60O3. The maximum atomic E-state index is 11.6. The van der Waals surface area contributed by atoms with Crippen molar-refractivity contribution in [1.29, 1.82) is 0 Å². The van der Waals surface area contributed by atoms with E-state index in [-0.39, 0.29) is 0 Å². The molecule has 0 heterocycles. The van der Waals surface area contributed by atoms with Gasteiger partial charge in [0.05, 0.1) is 13.2 Å². The Bertz CT molecular complexity index is 430. The van der Waals surface area contributed by atoms with Crippen molar-refractivity contribution in [3.8, 4) is 0 Å². The van der Waals surface area contributed by atoms with Crippen molar-refractivity contribution in [1.82, 2.24) is 0 Å². The van der Waals surface area contributed by atoms with E-state index >= 15 is 0 Å². The van der Waals surface area contributed by atoms with Crippen molar-refractivity contribution in [3.63, 3.8) is 0 Å². The van der Waals surface area contributed by atoms with Gasteiger partial charge >= 0.3 is 6.16 Å². The third-order valence-electron chi connectivity index (χ3n) is 6.52. The third-order valence-corrected chi connectivity index (χ3v) is 6.52.